The summed E-state index contributed by atoms with van der Waals surface area (Å²) in [6, 6.07) is 1.33. The summed E-state index contributed by atoms with van der Waals surface area (Å²) in [5.74, 6) is -26.8. The molecule has 4 rings (SSSR count). The van der Waals surface area contributed by atoms with Gasteiger partial charge in [0.05, 0.1) is 16.7 Å². The van der Waals surface area contributed by atoms with Gasteiger partial charge in [0.1, 0.15) is 0 Å². The molecule has 0 amide bonds. The number of hydrogen-bond acceptors (Lipinski definition) is 0. The van der Waals surface area contributed by atoms with Gasteiger partial charge in [-0.05, 0) is 52.6 Å². The summed E-state index contributed by atoms with van der Waals surface area (Å²) in [6.07, 6.45) is 0. The van der Waals surface area contributed by atoms with Crippen molar-refractivity contribution < 1.29 is 52.7 Å². The van der Waals surface area contributed by atoms with Gasteiger partial charge >= 0.3 is 0 Å². The molecule has 0 aliphatic carbocycles. The van der Waals surface area contributed by atoms with Gasteiger partial charge in [0.25, 0.3) is 0 Å². The van der Waals surface area contributed by atoms with Gasteiger partial charge in [-0.1, -0.05) is 49.0 Å². The molecule has 0 unspecified atom stereocenters. The molecule has 0 fully saturated rings. The van der Waals surface area contributed by atoms with E-state index >= 15 is 26.3 Å². The van der Waals surface area contributed by atoms with Gasteiger partial charge in [0.15, 0.2) is 69.8 Å². The van der Waals surface area contributed by atoms with E-state index in [-0.39, 0.29) is 7.43 Å². The summed E-state index contributed by atoms with van der Waals surface area (Å²) in [5, 5.41) is 0. The van der Waals surface area contributed by atoms with E-state index in [0.717, 1.165) is 0 Å². The zero-order valence-corrected chi connectivity index (χ0v) is 24.5. The Labute approximate surface area is 257 Å². The zero-order valence-electron chi connectivity index (χ0n) is 24.5. The predicted octanol–water partition coefficient (Wildman–Crippen LogP) is 12.4. The van der Waals surface area contributed by atoms with Crippen molar-refractivity contribution in [1.29, 1.82) is 0 Å². The Kier molecular flexibility index (Phi) is 10.3. The molecule has 0 atom stereocenters. The van der Waals surface area contributed by atoms with Gasteiger partial charge in [-0.25, -0.2) is 52.7 Å². The predicted molar refractivity (Wildman–Crippen MR) is 151 cm³/mol. The number of hydrogen-bond donors (Lipinski definition) is 0. The highest BCUT2D eigenvalue weighted by molar-refractivity contribution is 5.83. The van der Waals surface area contributed by atoms with Crippen LogP contribution in [0.1, 0.15) is 83.4 Å². The van der Waals surface area contributed by atoms with Crippen LogP contribution >= 0.6 is 0 Å². The highest BCUT2D eigenvalue weighted by atomic mass is 19.2. The van der Waals surface area contributed by atoms with Gasteiger partial charge in [-0.2, -0.15) is 0 Å². The van der Waals surface area contributed by atoms with Crippen LogP contribution in [0.15, 0.2) is 18.2 Å². The van der Waals surface area contributed by atoms with Crippen molar-refractivity contribution >= 4 is 0 Å². The number of benzene rings is 4. The van der Waals surface area contributed by atoms with E-state index in [1.807, 2.05) is 0 Å². The Morgan fingerprint density at radius 2 is 0.457 bits per heavy atom. The lowest BCUT2D eigenvalue weighted by atomic mass is 9.88. The average molecular weight is 665 g/mol. The summed E-state index contributed by atoms with van der Waals surface area (Å²) >= 11 is 0. The van der Waals surface area contributed by atoms with Crippen LogP contribution in [0.4, 0.5) is 52.7 Å². The van der Waals surface area contributed by atoms with E-state index in [0.29, 0.717) is 18.2 Å². The Balaban J connectivity index is 0.00000576. The third-order valence-corrected chi connectivity index (χ3v) is 7.42. The van der Waals surface area contributed by atoms with Crippen molar-refractivity contribution in [2.75, 3.05) is 0 Å². The molecule has 0 bridgehead atoms. The van der Waals surface area contributed by atoms with Crippen molar-refractivity contribution in [1.82, 2.24) is 0 Å². The van der Waals surface area contributed by atoms with Crippen LogP contribution in [0.3, 0.4) is 0 Å². The molecule has 0 heterocycles. The summed E-state index contributed by atoms with van der Waals surface area (Å²) in [7, 11) is 0. The Hall–Kier alpha value is -3.96. The highest BCUT2D eigenvalue weighted by Crippen LogP contribution is 2.43. The summed E-state index contributed by atoms with van der Waals surface area (Å²) in [6.45, 7) is 7.27. The first-order chi connectivity index (χ1) is 20.8. The number of rotatable bonds is 6. The van der Waals surface area contributed by atoms with Gasteiger partial charge < -0.3 is 0 Å². The maximum absolute atomic E-state index is 15.4. The minimum absolute atomic E-state index is 0. The molecule has 0 saturated carbocycles. The number of halogens is 12. The molecule has 0 spiro atoms. The minimum atomic E-state index is -2.04. The van der Waals surface area contributed by atoms with Gasteiger partial charge in [0.2, 0.25) is 0 Å². The average Bonchev–Trinajstić information content (AvgIpc) is 2.94. The van der Waals surface area contributed by atoms with Gasteiger partial charge in [0, 0.05) is 16.7 Å². The third-order valence-electron chi connectivity index (χ3n) is 7.42. The molecule has 4 aromatic carbocycles. The first kappa shape index (κ1) is 36.5. The second kappa shape index (κ2) is 13.0. The van der Waals surface area contributed by atoms with E-state index in [1.54, 1.807) is 0 Å². The van der Waals surface area contributed by atoms with Crippen LogP contribution < -0.4 is 0 Å². The molecule has 0 radical (unpaired) electrons. The molecule has 12 heteroatoms. The van der Waals surface area contributed by atoms with Crippen molar-refractivity contribution in [3.8, 4) is 33.4 Å². The van der Waals surface area contributed by atoms with Crippen LogP contribution in [0.5, 0.6) is 0 Å². The molecule has 0 aliphatic heterocycles. The fraction of sp³-hybridized carbons (Fsp3) is 0.294. The van der Waals surface area contributed by atoms with E-state index in [2.05, 4.69) is 0 Å². The summed E-state index contributed by atoms with van der Waals surface area (Å²) in [4.78, 5) is 0. The Bertz CT molecular complexity index is 1540. The van der Waals surface area contributed by atoms with E-state index in [9.17, 15) is 26.3 Å². The van der Waals surface area contributed by atoms with E-state index in [4.69, 9.17) is 0 Å². The van der Waals surface area contributed by atoms with Gasteiger partial charge in [-0.3, -0.25) is 0 Å². The summed E-state index contributed by atoms with van der Waals surface area (Å²) < 4.78 is 182. The van der Waals surface area contributed by atoms with E-state index < -0.39 is 138 Å². The molecule has 248 valence electrons. The standard InChI is InChI=1S/C33H24F12.CH4/c1-10(2)16-22(34)28(40)19(29(41)23(16)35)13-7-14(20-30(42)24(36)17(11(3)4)25(37)31(20)43)9-15(8-13)21-32(44)26(38)18(12(5)6)27(39)33(21)45;/h7-12H,1-6H3;1H4. The van der Waals surface area contributed by atoms with Crippen LogP contribution in [-0.4, -0.2) is 0 Å². The smallest absolute Gasteiger partial charge is 0.170 e. The van der Waals surface area contributed by atoms with Crippen molar-refractivity contribution in [2.24, 2.45) is 0 Å². The SMILES string of the molecule is C.CC(C)c1c(F)c(F)c(-c2cc(-c3c(F)c(F)c(C(C)C)c(F)c3F)cc(-c3c(F)c(F)c(C(C)C)c(F)c3F)c2)c(F)c1F. The van der Waals surface area contributed by atoms with E-state index in [1.165, 1.54) is 41.5 Å². The lowest BCUT2D eigenvalue weighted by Gasteiger charge is -2.19. The molecule has 0 aliphatic rings. The third kappa shape index (κ3) is 5.64. The molecule has 0 aromatic heterocycles. The minimum Gasteiger partial charge on any atom is -0.203 e. The lowest BCUT2D eigenvalue weighted by Crippen LogP contribution is -2.10. The first-order valence-electron chi connectivity index (χ1n) is 13.6. The molecule has 0 saturated heterocycles. The fourth-order valence-electron chi connectivity index (χ4n) is 5.29. The maximum Gasteiger partial charge on any atom is 0.170 e. The summed E-state index contributed by atoms with van der Waals surface area (Å²) in [5.41, 5.74) is -10.8. The Morgan fingerprint density at radius 1 is 0.304 bits per heavy atom. The molecule has 46 heavy (non-hydrogen) atoms. The molecular weight excluding hydrogens is 636 g/mol. The monoisotopic (exact) mass is 664 g/mol. The van der Waals surface area contributed by atoms with Crippen molar-refractivity contribution in [3.63, 3.8) is 0 Å². The second-order valence-electron chi connectivity index (χ2n) is 11.4. The van der Waals surface area contributed by atoms with Crippen molar-refractivity contribution in [2.45, 2.75) is 66.7 Å². The molecular formula is C34H28F12. The zero-order chi connectivity index (χ0) is 34.0. The topological polar surface area (TPSA) is 0 Å². The van der Waals surface area contributed by atoms with Crippen LogP contribution in [0, 0.1) is 69.8 Å². The molecule has 0 nitrogen and oxygen atoms in total. The van der Waals surface area contributed by atoms with Crippen molar-refractivity contribution in [3.05, 3.63) is 105 Å². The molecule has 4 aromatic rings. The fourth-order valence-corrected chi connectivity index (χ4v) is 5.29. The molecule has 0 N–H and O–H groups in total. The second-order valence-corrected chi connectivity index (χ2v) is 11.4. The maximum atomic E-state index is 15.4. The van der Waals surface area contributed by atoms with Crippen LogP contribution in [-0.2, 0) is 0 Å². The first-order valence-corrected chi connectivity index (χ1v) is 13.6. The highest BCUT2D eigenvalue weighted by Gasteiger charge is 2.33. The van der Waals surface area contributed by atoms with Gasteiger partial charge in [-0.15, -0.1) is 0 Å². The quantitative estimate of drug-likeness (QED) is 0.142. The largest absolute Gasteiger partial charge is 0.203 e. The van der Waals surface area contributed by atoms with Crippen LogP contribution in [0.25, 0.3) is 33.4 Å². The Morgan fingerprint density at radius 3 is 0.587 bits per heavy atom. The normalized spacial score (nSPS) is 11.7. The van der Waals surface area contributed by atoms with Crippen LogP contribution in [0.2, 0.25) is 0 Å². The lowest BCUT2D eigenvalue weighted by molar-refractivity contribution is 0.435.